The van der Waals surface area contributed by atoms with E-state index >= 15 is 0 Å². The number of para-hydroxylation sites is 1. The van der Waals surface area contributed by atoms with E-state index in [1.54, 1.807) is 55.5 Å². The number of aromatic nitrogens is 3. The lowest BCUT2D eigenvalue weighted by Gasteiger charge is -2.07. The fraction of sp³-hybridized carbons (Fsp3) is 0.0769. The van der Waals surface area contributed by atoms with Gasteiger partial charge in [0.25, 0.3) is 10.0 Å². The van der Waals surface area contributed by atoms with E-state index in [1.807, 2.05) is 0 Å². The topological polar surface area (TPSA) is 64.8 Å². The van der Waals surface area contributed by atoms with Crippen LogP contribution in [0.5, 0.6) is 0 Å². The maximum Gasteiger partial charge on any atom is 0.285 e. The van der Waals surface area contributed by atoms with Gasteiger partial charge in [0.15, 0.2) is 0 Å². The standard InChI is InChI=1S/C13H11N3O2S/c1-10-6-2-5-9-13(10)19(17,18)16-12-8-4-3-7-11(12)14-15-16/h2-9H,1H3. The Kier molecular flexibility index (Phi) is 2.60. The smallest absolute Gasteiger partial charge is 0.199 e. The highest BCUT2D eigenvalue weighted by Gasteiger charge is 2.22. The lowest BCUT2D eigenvalue weighted by atomic mass is 10.2. The molecule has 0 radical (unpaired) electrons. The largest absolute Gasteiger partial charge is 0.285 e. The van der Waals surface area contributed by atoms with Gasteiger partial charge >= 0.3 is 0 Å². The van der Waals surface area contributed by atoms with Gasteiger partial charge in [0.05, 0.1) is 4.90 Å². The second kappa shape index (κ2) is 4.17. The quantitative estimate of drug-likeness (QED) is 0.716. The molecule has 2 aromatic carbocycles. The van der Waals surface area contributed by atoms with Gasteiger partial charge in [-0.2, -0.15) is 8.42 Å². The van der Waals surface area contributed by atoms with Gasteiger partial charge in [0.2, 0.25) is 0 Å². The number of nitrogens with zero attached hydrogens (tertiary/aromatic N) is 3. The van der Waals surface area contributed by atoms with E-state index in [9.17, 15) is 8.42 Å². The highest BCUT2D eigenvalue weighted by molar-refractivity contribution is 7.90. The Morgan fingerprint density at radius 1 is 1.00 bits per heavy atom. The first kappa shape index (κ1) is 11.9. The van der Waals surface area contributed by atoms with Crippen LogP contribution in [0.4, 0.5) is 0 Å². The predicted molar refractivity (Wildman–Crippen MR) is 71.3 cm³/mol. The third-order valence-electron chi connectivity index (χ3n) is 2.92. The fourth-order valence-electron chi connectivity index (χ4n) is 1.96. The summed E-state index contributed by atoms with van der Waals surface area (Å²) in [5.41, 5.74) is 1.72. The number of rotatable bonds is 2. The van der Waals surface area contributed by atoms with Crippen LogP contribution in [0.1, 0.15) is 5.56 Å². The van der Waals surface area contributed by atoms with Gasteiger partial charge < -0.3 is 0 Å². The molecule has 3 aromatic rings. The van der Waals surface area contributed by atoms with Crippen molar-refractivity contribution in [3.05, 3.63) is 54.1 Å². The van der Waals surface area contributed by atoms with Crippen molar-refractivity contribution in [2.75, 3.05) is 0 Å². The van der Waals surface area contributed by atoms with E-state index in [1.165, 1.54) is 0 Å². The van der Waals surface area contributed by atoms with E-state index in [2.05, 4.69) is 10.3 Å². The van der Waals surface area contributed by atoms with E-state index in [-0.39, 0.29) is 4.90 Å². The SMILES string of the molecule is Cc1ccccc1S(=O)(=O)n1nnc2ccccc21. The Bertz CT molecular complexity index is 853. The lowest BCUT2D eigenvalue weighted by molar-refractivity contribution is 0.579. The van der Waals surface area contributed by atoms with Gasteiger partial charge in [-0.25, -0.2) is 0 Å². The van der Waals surface area contributed by atoms with Crippen molar-refractivity contribution in [1.82, 2.24) is 14.4 Å². The van der Waals surface area contributed by atoms with Crippen LogP contribution >= 0.6 is 0 Å². The van der Waals surface area contributed by atoms with Gasteiger partial charge in [-0.05, 0) is 30.7 Å². The number of benzene rings is 2. The molecule has 1 aromatic heterocycles. The van der Waals surface area contributed by atoms with Gasteiger partial charge in [-0.3, -0.25) is 0 Å². The van der Waals surface area contributed by atoms with Crippen molar-refractivity contribution in [2.45, 2.75) is 11.8 Å². The number of hydrogen-bond acceptors (Lipinski definition) is 4. The molecular formula is C13H11N3O2S. The molecule has 0 saturated carbocycles. The molecule has 0 spiro atoms. The zero-order chi connectivity index (χ0) is 13.5. The molecule has 0 aliphatic heterocycles. The second-order valence-corrected chi connectivity index (χ2v) is 5.93. The molecule has 0 saturated heterocycles. The predicted octanol–water partition coefficient (Wildman–Crippen LogP) is 1.98. The summed E-state index contributed by atoms with van der Waals surface area (Å²) in [7, 11) is -3.71. The second-order valence-electron chi connectivity index (χ2n) is 4.19. The Balaban J connectivity index is 2.29. The summed E-state index contributed by atoms with van der Waals surface area (Å²) in [5, 5.41) is 7.64. The Hall–Kier alpha value is -2.21. The van der Waals surface area contributed by atoms with E-state index in [0.29, 0.717) is 16.6 Å². The molecule has 0 aliphatic rings. The van der Waals surface area contributed by atoms with Gasteiger partial charge in [0, 0.05) is 0 Å². The molecule has 0 unspecified atom stereocenters. The molecular weight excluding hydrogens is 262 g/mol. The Morgan fingerprint density at radius 3 is 2.47 bits per heavy atom. The van der Waals surface area contributed by atoms with Crippen LogP contribution in [-0.4, -0.2) is 22.8 Å². The average Bonchev–Trinajstić information content (AvgIpc) is 2.83. The minimum atomic E-state index is -3.71. The van der Waals surface area contributed by atoms with Crippen LogP contribution in [0.3, 0.4) is 0 Å². The normalized spacial score (nSPS) is 11.8. The van der Waals surface area contributed by atoms with Gasteiger partial charge in [-0.1, -0.05) is 35.5 Å². The zero-order valence-corrected chi connectivity index (χ0v) is 11.0. The van der Waals surface area contributed by atoms with Crippen molar-refractivity contribution in [2.24, 2.45) is 0 Å². The van der Waals surface area contributed by atoms with Crippen molar-refractivity contribution >= 4 is 21.1 Å². The third kappa shape index (κ3) is 1.80. The molecule has 3 rings (SSSR count). The summed E-state index contributed by atoms with van der Waals surface area (Å²) in [4.78, 5) is 0.241. The van der Waals surface area contributed by atoms with Crippen LogP contribution in [0.2, 0.25) is 0 Å². The van der Waals surface area contributed by atoms with E-state index in [0.717, 1.165) is 4.09 Å². The van der Waals surface area contributed by atoms with Crippen LogP contribution in [0.15, 0.2) is 53.4 Å². The third-order valence-corrected chi connectivity index (χ3v) is 4.66. The van der Waals surface area contributed by atoms with Crippen molar-refractivity contribution in [3.8, 4) is 0 Å². The maximum atomic E-state index is 12.6. The molecule has 5 nitrogen and oxygen atoms in total. The molecule has 0 amide bonds. The summed E-state index contributed by atoms with van der Waals surface area (Å²) in [6.07, 6.45) is 0. The first-order valence-corrected chi connectivity index (χ1v) is 7.16. The Morgan fingerprint density at radius 2 is 1.68 bits per heavy atom. The molecule has 96 valence electrons. The van der Waals surface area contributed by atoms with Crippen molar-refractivity contribution < 1.29 is 8.42 Å². The average molecular weight is 273 g/mol. The minimum Gasteiger partial charge on any atom is -0.199 e. The molecule has 1 heterocycles. The summed E-state index contributed by atoms with van der Waals surface area (Å²) in [6, 6.07) is 13.8. The molecule has 19 heavy (non-hydrogen) atoms. The minimum absolute atomic E-state index is 0.241. The van der Waals surface area contributed by atoms with E-state index in [4.69, 9.17) is 0 Å². The summed E-state index contributed by atoms with van der Waals surface area (Å²) < 4.78 is 26.2. The lowest BCUT2D eigenvalue weighted by Crippen LogP contribution is -2.15. The van der Waals surface area contributed by atoms with Crippen LogP contribution in [0, 0.1) is 6.92 Å². The van der Waals surface area contributed by atoms with Crippen molar-refractivity contribution in [1.29, 1.82) is 0 Å². The van der Waals surface area contributed by atoms with Crippen LogP contribution in [-0.2, 0) is 10.0 Å². The maximum absolute atomic E-state index is 12.6. The van der Waals surface area contributed by atoms with Crippen LogP contribution in [0.25, 0.3) is 11.0 Å². The summed E-state index contributed by atoms with van der Waals surface area (Å²) >= 11 is 0. The monoisotopic (exact) mass is 273 g/mol. The Labute approximate surface area is 110 Å². The molecule has 0 aliphatic carbocycles. The highest BCUT2D eigenvalue weighted by atomic mass is 32.2. The first-order chi connectivity index (χ1) is 9.10. The molecule has 0 atom stereocenters. The molecule has 6 heteroatoms. The fourth-order valence-corrected chi connectivity index (χ4v) is 3.42. The van der Waals surface area contributed by atoms with Crippen molar-refractivity contribution in [3.63, 3.8) is 0 Å². The molecule has 0 bridgehead atoms. The molecule has 0 fully saturated rings. The number of fused-ring (bicyclic) bond motifs is 1. The summed E-state index contributed by atoms with van der Waals surface area (Å²) in [6.45, 7) is 1.76. The number of aryl methyl sites for hydroxylation is 1. The highest BCUT2D eigenvalue weighted by Crippen LogP contribution is 2.20. The zero-order valence-electron chi connectivity index (χ0n) is 10.2. The van der Waals surface area contributed by atoms with Crippen LogP contribution < -0.4 is 0 Å². The van der Waals surface area contributed by atoms with Gasteiger partial charge in [-0.15, -0.1) is 9.19 Å². The summed E-state index contributed by atoms with van der Waals surface area (Å²) in [5.74, 6) is 0. The van der Waals surface area contributed by atoms with Gasteiger partial charge in [0.1, 0.15) is 11.0 Å². The molecule has 0 N–H and O–H groups in total. The first-order valence-electron chi connectivity index (χ1n) is 5.72. The van der Waals surface area contributed by atoms with E-state index < -0.39 is 10.0 Å². The number of hydrogen-bond donors (Lipinski definition) is 0.